The van der Waals surface area contributed by atoms with Gasteiger partial charge in [-0.15, -0.1) is 0 Å². The molecule has 1 aromatic rings. The van der Waals surface area contributed by atoms with E-state index in [0.29, 0.717) is 18.2 Å². The molecule has 0 radical (unpaired) electrons. The van der Waals surface area contributed by atoms with Crippen molar-refractivity contribution < 1.29 is 17.9 Å². The van der Waals surface area contributed by atoms with E-state index >= 15 is 0 Å². The summed E-state index contributed by atoms with van der Waals surface area (Å²) in [4.78, 5) is 1.96. The van der Waals surface area contributed by atoms with Crippen molar-refractivity contribution in [3.8, 4) is 5.75 Å². The number of rotatable bonds is 6. The molecule has 6 heteroatoms. The van der Waals surface area contributed by atoms with E-state index in [0.717, 1.165) is 25.5 Å². The van der Waals surface area contributed by atoms with E-state index in [1.54, 1.807) is 0 Å². The van der Waals surface area contributed by atoms with Gasteiger partial charge in [0.15, 0.2) is 11.6 Å². The number of hydrogen-bond acceptors (Lipinski definition) is 3. The van der Waals surface area contributed by atoms with Crippen molar-refractivity contribution >= 4 is 11.4 Å². The molecule has 106 valence electrons. The van der Waals surface area contributed by atoms with Gasteiger partial charge in [-0.25, -0.2) is 4.39 Å². The lowest BCUT2D eigenvalue weighted by Gasteiger charge is -2.25. The van der Waals surface area contributed by atoms with E-state index < -0.39 is 18.2 Å². The molecule has 0 saturated heterocycles. The van der Waals surface area contributed by atoms with E-state index in [-0.39, 0.29) is 5.69 Å². The summed E-state index contributed by atoms with van der Waals surface area (Å²) in [7, 11) is 0. The van der Waals surface area contributed by atoms with E-state index in [1.165, 1.54) is 6.07 Å². The molecule has 0 amide bonds. The van der Waals surface area contributed by atoms with Gasteiger partial charge in [-0.2, -0.15) is 8.78 Å². The molecule has 19 heavy (non-hydrogen) atoms. The first-order chi connectivity index (χ1) is 9.01. The van der Waals surface area contributed by atoms with Crippen molar-refractivity contribution in [1.29, 1.82) is 0 Å². The molecule has 1 fully saturated rings. The summed E-state index contributed by atoms with van der Waals surface area (Å²) in [6.07, 6.45) is 2.33. The number of ether oxygens (including phenoxy) is 1. The predicted octanol–water partition coefficient (Wildman–Crippen LogP) is 3.25. The molecule has 1 saturated carbocycles. The van der Waals surface area contributed by atoms with Crippen molar-refractivity contribution in [1.82, 2.24) is 0 Å². The molecule has 2 N–H and O–H groups in total. The predicted molar refractivity (Wildman–Crippen MR) is 68.1 cm³/mol. The van der Waals surface area contributed by atoms with Gasteiger partial charge in [0, 0.05) is 25.2 Å². The fraction of sp³-hybridized carbons (Fsp3) is 0.538. The Kier molecular flexibility index (Phi) is 4.07. The number of benzene rings is 1. The average Bonchev–Trinajstić information content (AvgIpc) is 3.13. The van der Waals surface area contributed by atoms with E-state index in [9.17, 15) is 13.2 Å². The zero-order valence-electron chi connectivity index (χ0n) is 10.7. The molecule has 0 heterocycles. The molecule has 3 nitrogen and oxygen atoms in total. The summed E-state index contributed by atoms with van der Waals surface area (Å²) < 4.78 is 42.0. The zero-order chi connectivity index (χ0) is 14.0. The van der Waals surface area contributed by atoms with Crippen LogP contribution in [0.1, 0.15) is 19.8 Å². The van der Waals surface area contributed by atoms with Crippen LogP contribution < -0.4 is 15.4 Å². The van der Waals surface area contributed by atoms with Gasteiger partial charge in [0.05, 0.1) is 11.4 Å². The highest BCUT2D eigenvalue weighted by atomic mass is 19.3. The summed E-state index contributed by atoms with van der Waals surface area (Å²) in [5, 5.41) is 0. The van der Waals surface area contributed by atoms with Gasteiger partial charge >= 0.3 is 6.61 Å². The molecule has 0 atom stereocenters. The lowest BCUT2D eigenvalue weighted by molar-refractivity contribution is -0.0521. The van der Waals surface area contributed by atoms with Crippen molar-refractivity contribution in [2.45, 2.75) is 26.4 Å². The number of halogens is 3. The van der Waals surface area contributed by atoms with Crippen LogP contribution in [0.25, 0.3) is 0 Å². The van der Waals surface area contributed by atoms with Crippen LogP contribution in [-0.4, -0.2) is 19.7 Å². The number of nitrogens with zero attached hydrogens (tertiary/aromatic N) is 1. The number of nitrogens with two attached hydrogens (primary N) is 1. The summed E-state index contributed by atoms with van der Waals surface area (Å²) in [6.45, 7) is 0.379. The summed E-state index contributed by atoms with van der Waals surface area (Å²) in [6, 6.07) is 2.28. The SMILES string of the molecule is CCN(CC1CC1)c1cc(OC(F)F)c(F)cc1N. The maximum absolute atomic E-state index is 13.5. The number of alkyl halides is 2. The van der Waals surface area contributed by atoms with Crippen LogP contribution in [0.4, 0.5) is 24.5 Å². The zero-order valence-corrected chi connectivity index (χ0v) is 10.7. The van der Waals surface area contributed by atoms with Crippen LogP contribution in [0.5, 0.6) is 5.75 Å². The van der Waals surface area contributed by atoms with Crippen molar-refractivity contribution in [2.75, 3.05) is 23.7 Å². The largest absolute Gasteiger partial charge is 0.432 e. The topological polar surface area (TPSA) is 38.5 Å². The van der Waals surface area contributed by atoms with Gasteiger partial charge in [0.2, 0.25) is 0 Å². The summed E-state index contributed by atoms with van der Waals surface area (Å²) in [5.74, 6) is -0.721. The van der Waals surface area contributed by atoms with Crippen LogP contribution in [0.15, 0.2) is 12.1 Å². The highest BCUT2D eigenvalue weighted by molar-refractivity contribution is 5.70. The van der Waals surface area contributed by atoms with E-state index in [4.69, 9.17) is 5.73 Å². The van der Waals surface area contributed by atoms with Crippen molar-refractivity contribution in [3.63, 3.8) is 0 Å². The van der Waals surface area contributed by atoms with E-state index in [1.807, 2.05) is 11.8 Å². The summed E-state index contributed by atoms with van der Waals surface area (Å²) in [5.41, 5.74) is 6.55. The van der Waals surface area contributed by atoms with Crippen LogP contribution in [0.2, 0.25) is 0 Å². The third kappa shape index (κ3) is 3.45. The molecule has 2 rings (SSSR count). The number of nitrogen functional groups attached to an aromatic ring is 1. The second-order valence-electron chi connectivity index (χ2n) is 4.70. The lowest BCUT2D eigenvalue weighted by Crippen LogP contribution is -2.26. The molecule has 0 bridgehead atoms. The Morgan fingerprint density at radius 2 is 2.11 bits per heavy atom. The van der Waals surface area contributed by atoms with Crippen molar-refractivity contribution in [2.24, 2.45) is 5.92 Å². The first-order valence-electron chi connectivity index (χ1n) is 6.30. The Balaban J connectivity index is 2.26. The molecule has 0 aliphatic heterocycles. The standard InChI is InChI=1S/C13H17F3N2O/c1-2-18(7-8-3-4-8)11-6-12(19-13(15)16)9(14)5-10(11)17/h5-6,8,13H,2-4,7,17H2,1H3. The normalized spacial score (nSPS) is 14.8. The first-order valence-corrected chi connectivity index (χ1v) is 6.30. The Morgan fingerprint density at radius 1 is 1.42 bits per heavy atom. The average molecular weight is 274 g/mol. The number of hydrogen-bond donors (Lipinski definition) is 1. The highest BCUT2D eigenvalue weighted by Crippen LogP contribution is 2.36. The minimum atomic E-state index is -3.05. The van der Waals surface area contributed by atoms with Crippen LogP contribution in [0.3, 0.4) is 0 Å². The smallest absolute Gasteiger partial charge is 0.387 e. The quantitative estimate of drug-likeness (QED) is 0.809. The Hall–Kier alpha value is -1.59. The molecular formula is C13H17F3N2O. The molecule has 1 aliphatic carbocycles. The monoisotopic (exact) mass is 274 g/mol. The molecule has 1 aliphatic rings. The minimum absolute atomic E-state index is 0.238. The second kappa shape index (κ2) is 5.59. The lowest BCUT2D eigenvalue weighted by atomic mass is 10.2. The van der Waals surface area contributed by atoms with Crippen LogP contribution >= 0.6 is 0 Å². The van der Waals surface area contributed by atoms with Gasteiger partial charge in [0.1, 0.15) is 0 Å². The van der Waals surface area contributed by atoms with Gasteiger partial charge < -0.3 is 15.4 Å². The fourth-order valence-corrected chi connectivity index (χ4v) is 2.03. The molecular weight excluding hydrogens is 257 g/mol. The van der Waals surface area contributed by atoms with Crippen LogP contribution in [-0.2, 0) is 0 Å². The van der Waals surface area contributed by atoms with Gasteiger partial charge in [-0.05, 0) is 25.7 Å². The third-order valence-corrected chi connectivity index (χ3v) is 3.20. The summed E-state index contributed by atoms with van der Waals surface area (Å²) >= 11 is 0. The third-order valence-electron chi connectivity index (χ3n) is 3.20. The fourth-order valence-electron chi connectivity index (χ4n) is 2.03. The van der Waals surface area contributed by atoms with Crippen LogP contribution in [0, 0.1) is 11.7 Å². The second-order valence-corrected chi connectivity index (χ2v) is 4.70. The molecule has 1 aromatic carbocycles. The van der Waals surface area contributed by atoms with Gasteiger partial charge in [-0.1, -0.05) is 0 Å². The minimum Gasteiger partial charge on any atom is -0.432 e. The maximum Gasteiger partial charge on any atom is 0.387 e. The maximum atomic E-state index is 13.5. The first kappa shape index (κ1) is 13.8. The molecule has 0 spiro atoms. The van der Waals surface area contributed by atoms with Gasteiger partial charge in [-0.3, -0.25) is 0 Å². The number of anilines is 2. The van der Waals surface area contributed by atoms with Gasteiger partial charge in [0.25, 0.3) is 0 Å². The molecule has 0 unspecified atom stereocenters. The van der Waals surface area contributed by atoms with Crippen molar-refractivity contribution in [3.05, 3.63) is 17.9 Å². The Bertz CT molecular complexity index is 450. The molecule has 0 aromatic heterocycles. The van der Waals surface area contributed by atoms with E-state index in [2.05, 4.69) is 4.74 Å². The Labute approximate surface area is 110 Å². The highest BCUT2D eigenvalue weighted by Gasteiger charge is 2.25. The Morgan fingerprint density at radius 3 is 2.63 bits per heavy atom.